The minimum absolute atomic E-state index is 0.0211. The lowest BCUT2D eigenvalue weighted by atomic mass is 9.88. The van der Waals surface area contributed by atoms with E-state index in [0.29, 0.717) is 0 Å². The quantitative estimate of drug-likeness (QED) is 0.444. The van der Waals surface area contributed by atoms with E-state index >= 15 is 0 Å². The van der Waals surface area contributed by atoms with Crippen LogP contribution in [0.2, 0.25) is 0 Å². The van der Waals surface area contributed by atoms with Gasteiger partial charge in [-0.05, 0) is 42.3 Å². The lowest BCUT2D eigenvalue weighted by molar-refractivity contribution is -0.119. The topological polar surface area (TPSA) is 62.7 Å². The van der Waals surface area contributed by atoms with Crippen molar-refractivity contribution in [1.82, 2.24) is 5.43 Å². The number of carbonyl (C=O) groups is 1. The first-order valence-electron chi connectivity index (χ1n) is 9.48. The Morgan fingerprint density at radius 2 is 1.45 bits per heavy atom. The van der Waals surface area contributed by atoms with E-state index in [1.807, 2.05) is 67.6 Å². The molecule has 1 amide bonds. The van der Waals surface area contributed by atoms with Crippen LogP contribution in [0.25, 0.3) is 0 Å². The van der Waals surface area contributed by atoms with Gasteiger partial charge in [0.1, 0.15) is 5.75 Å². The Labute approximate surface area is 171 Å². The number of anilines is 1. The summed E-state index contributed by atoms with van der Waals surface area (Å²) in [7, 11) is 1.62. The average Bonchev–Trinajstić information content (AvgIpc) is 2.78. The molecule has 0 unspecified atom stereocenters. The molecule has 0 aliphatic heterocycles. The Morgan fingerprint density at radius 1 is 0.897 bits per heavy atom. The predicted molar refractivity (Wildman–Crippen MR) is 117 cm³/mol. The molecule has 0 radical (unpaired) electrons. The van der Waals surface area contributed by atoms with Crippen LogP contribution in [0.5, 0.6) is 5.75 Å². The fourth-order valence-electron chi connectivity index (χ4n) is 3.11. The zero-order valence-corrected chi connectivity index (χ0v) is 16.6. The summed E-state index contributed by atoms with van der Waals surface area (Å²) in [4.78, 5) is 12.2. The first kappa shape index (κ1) is 20.1. The van der Waals surface area contributed by atoms with Gasteiger partial charge in [-0.25, -0.2) is 5.43 Å². The third-order valence-corrected chi connectivity index (χ3v) is 4.58. The zero-order valence-electron chi connectivity index (χ0n) is 16.6. The predicted octanol–water partition coefficient (Wildman–Crippen LogP) is 4.43. The Hall–Kier alpha value is -3.60. The Balaban J connectivity index is 1.66. The summed E-state index contributed by atoms with van der Waals surface area (Å²) in [5, 5.41) is 7.45. The molecular formula is C24H25N3O2. The number of nitrogens with zero attached hydrogens (tertiary/aromatic N) is 1. The molecule has 29 heavy (non-hydrogen) atoms. The van der Waals surface area contributed by atoms with Crippen molar-refractivity contribution >= 4 is 17.3 Å². The number of methoxy groups -OCH3 is 1. The smallest absolute Gasteiger partial charge is 0.259 e. The molecule has 0 saturated carbocycles. The summed E-state index contributed by atoms with van der Waals surface area (Å²) < 4.78 is 5.13. The van der Waals surface area contributed by atoms with E-state index in [0.717, 1.165) is 28.3 Å². The molecule has 0 aliphatic rings. The second-order valence-electron chi connectivity index (χ2n) is 6.62. The van der Waals surface area contributed by atoms with Crippen LogP contribution in [0.3, 0.4) is 0 Å². The number of hydrazone groups is 1. The zero-order chi connectivity index (χ0) is 20.5. The maximum atomic E-state index is 12.2. The lowest BCUT2D eigenvalue weighted by Gasteiger charge is -2.18. The van der Waals surface area contributed by atoms with E-state index in [-0.39, 0.29) is 18.4 Å². The molecule has 0 atom stereocenters. The highest BCUT2D eigenvalue weighted by atomic mass is 16.5. The standard InChI is InChI=1S/C24H25N3O2/c1-18(24(19-9-5-3-6-10-19)20-11-7-4-8-12-20)26-27-23(28)17-25-21-13-15-22(29-2)16-14-21/h3-16,24-25H,17H2,1-2H3,(H,27,28)/b26-18+. The molecule has 0 aliphatic carbocycles. The molecule has 5 nitrogen and oxygen atoms in total. The van der Waals surface area contributed by atoms with E-state index in [9.17, 15) is 4.79 Å². The fourth-order valence-corrected chi connectivity index (χ4v) is 3.11. The van der Waals surface area contributed by atoms with Crippen LogP contribution in [0, 0.1) is 0 Å². The molecular weight excluding hydrogens is 362 g/mol. The molecule has 0 bridgehead atoms. The van der Waals surface area contributed by atoms with Gasteiger partial charge in [-0.2, -0.15) is 5.10 Å². The summed E-state index contributed by atoms with van der Waals surface area (Å²) in [6, 6.07) is 27.7. The third kappa shape index (κ3) is 5.69. The average molecular weight is 387 g/mol. The van der Waals surface area contributed by atoms with Gasteiger partial charge in [0.15, 0.2) is 0 Å². The van der Waals surface area contributed by atoms with Crippen molar-refractivity contribution < 1.29 is 9.53 Å². The van der Waals surface area contributed by atoms with Gasteiger partial charge in [0.25, 0.3) is 5.91 Å². The van der Waals surface area contributed by atoms with E-state index in [1.54, 1.807) is 7.11 Å². The number of benzene rings is 3. The number of ether oxygens (including phenoxy) is 1. The van der Waals surface area contributed by atoms with Gasteiger partial charge in [0.2, 0.25) is 0 Å². The van der Waals surface area contributed by atoms with Crippen molar-refractivity contribution in [2.45, 2.75) is 12.8 Å². The third-order valence-electron chi connectivity index (χ3n) is 4.58. The Kier molecular flexibility index (Phi) is 7.00. The largest absolute Gasteiger partial charge is 0.497 e. The van der Waals surface area contributed by atoms with Crippen LogP contribution in [0.4, 0.5) is 5.69 Å². The van der Waals surface area contributed by atoms with Crippen molar-refractivity contribution in [3.8, 4) is 5.75 Å². The van der Waals surface area contributed by atoms with Crippen molar-refractivity contribution in [2.24, 2.45) is 5.10 Å². The summed E-state index contributed by atoms with van der Waals surface area (Å²) in [5.74, 6) is 0.542. The maximum Gasteiger partial charge on any atom is 0.259 e. The molecule has 3 rings (SSSR count). The number of nitrogens with one attached hydrogen (secondary N) is 2. The second-order valence-corrected chi connectivity index (χ2v) is 6.62. The lowest BCUT2D eigenvalue weighted by Crippen LogP contribution is -2.27. The Bertz CT molecular complexity index is 899. The first-order chi connectivity index (χ1) is 14.2. The highest BCUT2D eigenvalue weighted by molar-refractivity contribution is 5.93. The SMILES string of the molecule is COc1ccc(NCC(=O)N/N=C(\C)C(c2ccccc2)c2ccccc2)cc1. The summed E-state index contributed by atoms with van der Waals surface area (Å²) in [6.07, 6.45) is 0. The van der Waals surface area contributed by atoms with Gasteiger partial charge in [0.05, 0.1) is 13.7 Å². The van der Waals surface area contributed by atoms with E-state index in [1.165, 1.54) is 0 Å². The van der Waals surface area contributed by atoms with Gasteiger partial charge in [-0.3, -0.25) is 4.79 Å². The number of hydrogen-bond acceptors (Lipinski definition) is 4. The molecule has 3 aromatic carbocycles. The molecule has 148 valence electrons. The minimum Gasteiger partial charge on any atom is -0.497 e. The summed E-state index contributed by atoms with van der Waals surface area (Å²) in [5.41, 5.74) is 6.58. The monoisotopic (exact) mass is 387 g/mol. The molecule has 0 heterocycles. The highest BCUT2D eigenvalue weighted by Gasteiger charge is 2.17. The summed E-state index contributed by atoms with van der Waals surface area (Å²) in [6.45, 7) is 2.06. The molecule has 0 saturated heterocycles. The van der Waals surface area contributed by atoms with Gasteiger partial charge in [0, 0.05) is 17.3 Å². The van der Waals surface area contributed by atoms with E-state index in [2.05, 4.69) is 40.1 Å². The van der Waals surface area contributed by atoms with E-state index in [4.69, 9.17) is 4.74 Å². The van der Waals surface area contributed by atoms with E-state index < -0.39 is 0 Å². The highest BCUT2D eigenvalue weighted by Crippen LogP contribution is 2.26. The number of amides is 1. The summed E-state index contributed by atoms with van der Waals surface area (Å²) >= 11 is 0. The van der Waals surface area contributed by atoms with Crippen LogP contribution in [0.15, 0.2) is 90.0 Å². The molecule has 3 aromatic rings. The van der Waals surface area contributed by atoms with Crippen molar-refractivity contribution in [3.05, 3.63) is 96.1 Å². The van der Waals surface area contributed by atoms with Crippen LogP contribution in [-0.2, 0) is 4.79 Å². The Morgan fingerprint density at radius 3 is 1.97 bits per heavy atom. The molecule has 2 N–H and O–H groups in total. The van der Waals surface area contributed by atoms with Gasteiger partial charge in [-0.1, -0.05) is 60.7 Å². The number of rotatable bonds is 8. The van der Waals surface area contributed by atoms with Crippen LogP contribution in [-0.4, -0.2) is 25.3 Å². The minimum atomic E-state index is -0.208. The normalized spacial score (nSPS) is 11.2. The van der Waals surface area contributed by atoms with Crippen LogP contribution in [0.1, 0.15) is 24.0 Å². The van der Waals surface area contributed by atoms with Crippen LogP contribution >= 0.6 is 0 Å². The number of hydrogen-bond donors (Lipinski definition) is 2. The van der Waals surface area contributed by atoms with Gasteiger partial charge >= 0.3 is 0 Å². The molecule has 5 heteroatoms. The molecule has 0 fully saturated rings. The maximum absolute atomic E-state index is 12.2. The van der Waals surface area contributed by atoms with Crippen molar-refractivity contribution in [3.63, 3.8) is 0 Å². The van der Waals surface area contributed by atoms with Crippen molar-refractivity contribution in [2.75, 3.05) is 19.0 Å². The van der Waals surface area contributed by atoms with Crippen molar-refractivity contribution in [1.29, 1.82) is 0 Å². The second kappa shape index (κ2) is 10.1. The molecule has 0 spiro atoms. The van der Waals surface area contributed by atoms with Gasteiger partial charge in [-0.15, -0.1) is 0 Å². The first-order valence-corrected chi connectivity index (χ1v) is 9.48. The number of carbonyl (C=O) groups excluding carboxylic acids is 1. The van der Waals surface area contributed by atoms with Gasteiger partial charge < -0.3 is 10.1 Å². The molecule has 0 aromatic heterocycles. The van der Waals surface area contributed by atoms with Crippen LogP contribution < -0.4 is 15.5 Å². The fraction of sp³-hybridized carbons (Fsp3) is 0.167.